The zero-order chi connectivity index (χ0) is 25.6. The average molecular weight is 506 g/mol. The number of alkyl halides is 6. The molecule has 188 valence electrons. The maximum absolute atomic E-state index is 14.0. The largest absolute Gasteiger partial charge is 0.493 e. The lowest BCUT2D eigenvalue weighted by molar-refractivity contribution is -0.196. The van der Waals surface area contributed by atoms with Crippen molar-refractivity contribution < 1.29 is 49.3 Å². The Kier molecular flexibility index (Phi) is 8.21. The van der Waals surface area contributed by atoms with Crippen molar-refractivity contribution in [1.82, 2.24) is 0 Å². The molecule has 0 amide bonds. The minimum atomic E-state index is -4.75. The molecule has 0 aromatic heterocycles. The molecular weight excluding hydrogens is 488 g/mol. The van der Waals surface area contributed by atoms with Crippen LogP contribution < -0.4 is 9.47 Å². The highest BCUT2D eigenvalue weighted by Crippen LogP contribution is 2.33. The topological polar surface area (TPSA) is 27.7 Å². The van der Waals surface area contributed by atoms with E-state index in [1.807, 2.05) is 0 Å². The van der Waals surface area contributed by atoms with E-state index in [0.29, 0.717) is 11.6 Å². The van der Waals surface area contributed by atoms with E-state index in [0.717, 1.165) is 36.4 Å². The molecule has 3 aromatic rings. The zero-order valence-electron chi connectivity index (χ0n) is 17.8. The smallest absolute Gasteiger partial charge is 0.416 e. The molecule has 3 aromatic carbocycles. The van der Waals surface area contributed by atoms with Gasteiger partial charge in [-0.2, -0.15) is 26.3 Å². The zero-order valence-corrected chi connectivity index (χ0v) is 17.8. The van der Waals surface area contributed by atoms with Crippen molar-refractivity contribution in [2.75, 3.05) is 13.2 Å². The summed E-state index contributed by atoms with van der Waals surface area (Å²) in [7, 11) is 0. The minimum Gasteiger partial charge on any atom is -0.493 e. The van der Waals surface area contributed by atoms with Gasteiger partial charge in [0.15, 0.2) is 11.6 Å². The highest BCUT2D eigenvalue weighted by molar-refractivity contribution is 5.35. The van der Waals surface area contributed by atoms with Crippen LogP contribution in [0.2, 0.25) is 0 Å². The van der Waals surface area contributed by atoms with Crippen molar-refractivity contribution in [3.05, 3.63) is 89.5 Å². The second kappa shape index (κ2) is 10.9. The van der Waals surface area contributed by atoms with Gasteiger partial charge in [-0.05, 0) is 60.2 Å². The van der Waals surface area contributed by atoms with Gasteiger partial charge in [-0.15, -0.1) is 0 Å². The Bertz CT molecular complexity index is 1110. The summed E-state index contributed by atoms with van der Waals surface area (Å²) >= 11 is 0. The third-order valence-electron chi connectivity index (χ3n) is 4.70. The molecule has 0 aliphatic heterocycles. The summed E-state index contributed by atoms with van der Waals surface area (Å²) in [6.45, 7) is -2.16. The lowest BCUT2D eigenvalue weighted by Crippen LogP contribution is -2.32. The minimum absolute atomic E-state index is 0.146. The van der Waals surface area contributed by atoms with Crippen molar-refractivity contribution in [2.45, 2.75) is 19.0 Å². The van der Waals surface area contributed by atoms with Crippen LogP contribution in [0.15, 0.2) is 66.7 Å². The van der Waals surface area contributed by atoms with Gasteiger partial charge >= 0.3 is 12.4 Å². The molecule has 0 radical (unpaired) electrons. The van der Waals surface area contributed by atoms with Crippen LogP contribution in [0, 0.1) is 17.6 Å². The van der Waals surface area contributed by atoms with E-state index in [9.17, 15) is 35.1 Å². The first-order chi connectivity index (χ1) is 16.4. The summed E-state index contributed by atoms with van der Waals surface area (Å²) in [4.78, 5) is 0. The quantitative estimate of drug-likeness (QED) is 0.281. The first kappa shape index (κ1) is 26.3. The van der Waals surface area contributed by atoms with Gasteiger partial charge in [-0.3, -0.25) is 0 Å². The third-order valence-corrected chi connectivity index (χ3v) is 4.70. The molecule has 0 N–H and O–H groups in total. The van der Waals surface area contributed by atoms with Gasteiger partial charge in [0.2, 0.25) is 0 Å². The van der Waals surface area contributed by atoms with Gasteiger partial charge < -0.3 is 14.2 Å². The highest BCUT2D eigenvalue weighted by atomic mass is 19.4. The third kappa shape index (κ3) is 7.84. The SMILES string of the molecule is Fc1ccc(Oc2cc(COCC(COc3cccc(C(F)(F)F)c3)C(F)(F)F)ccc2F)cc1. The Morgan fingerprint density at radius 3 is 2.11 bits per heavy atom. The van der Waals surface area contributed by atoms with Gasteiger partial charge in [-0.25, -0.2) is 8.78 Å². The van der Waals surface area contributed by atoms with Crippen molar-refractivity contribution in [3.63, 3.8) is 0 Å². The Labute approximate surface area is 194 Å². The van der Waals surface area contributed by atoms with Crippen LogP contribution in [0.25, 0.3) is 0 Å². The fraction of sp³-hybridized carbons (Fsp3) is 0.250. The summed E-state index contributed by atoms with van der Waals surface area (Å²) in [6.07, 6.45) is -9.42. The Morgan fingerprint density at radius 2 is 1.46 bits per heavy atom. The fourth-order valence-corrected chi connectivity index (χ4v) is 2.86. The first-order valence-corrected chi connectivity index (χ1v) is 10.1. The van der Waals surface area contributed by atoms with Crippen LogP contribution in [0.5, 0.6) is 17.2 Å². The first-order valence-electron chi connectivity index (χ1n) is 10.1. The molecule has 0 fully saturated rings. The summed E-state index contributed by atoms with van der Waals surface area (Å²) < 4.78 is 121. The summed E-state index contributed by atoms with van der Waals surface area (Å²) in [5, 5.41) is 0. The van der Waals surface area contributed by atoms with E-state index in [1.165, 1.54) is 24.3 Å². The predicted octanol–water partition coefficient (Wildman–Crippen LogP) is 7.55. The van der Waals surface area contributed by atoms with Crippen LogP contribution in [0.4, 0.5) is 35.1 Å². The van der Waals surface area contributed by atoms with Crippen molar-refractivity contribution in [3.8, 4) is 17.2 Å². The molecule has 35 heavy (non-hydrogen) atoms. The number of hydrogen-bond acceptors (Lipinski definition) is 3. The molecule has 1 unspecified atom stereocenters. The number of halogens is 8. The normalized spacial score (nSPS) is 12.9. The van der Waals surface area contributed by atoms with E-state index in [4.69, 9.17) is 14.2 Å². The van der Waals surface area contributed by atoms with E-state index in [-0.39, 0.29) is 23.9 Å². The second-order valence-corrected chi connectivity index (χ2v) is 7.41. The van der Waals surface area contributed by atoms with Crippen molar-refractivity contribution in [1.29, 1.82) is 0 Å². The molecule has 11 heteroatoms. The number of hydrogen-bond donors (Lipinski definition) is 0. The Hall–Kier alpha value is -3.34. The van der Waals surface area contributed by atoms with Crippen molar-refractivity contribution in [2.24, 2.45) is 5.92 Å². The molecule has 0 saturated carbocycles. The van der Waals surface area contributed by atoms with Gasteiger partial charge in [0, 0.05) is 0 Å². The van der Waals surface area contributed by atoms with E-state index >= 15 is 0 Å². The Balaban J connectivity index is 1.60. The van der Waals surface area contributed by atoms with Crippen LogP contribution in [-0.2, 0) is 17.5 Å². The standard InChI is InChI=1S/C24H18F8O3/c25-18-5-7-19(8-6-18)35-22-10-15(4-9-21(22)26)12-33-13-17(24(30,31)32)14-34-20-3-1-2-16(11-20)23(27,28)29/h1-11,17H,12-14H2. The maximum Gasteiger partial charge on any atom is 0.416 e. The molecule has 3 nitrogen and oxygen atoms in total. The second-order valence-electron chi connectivity index (χ2n) is 7.41. The number of ether oxygens (including phenoxy) is 3. The van der Waals surface area contributed by atoms with E-state index in [2.05, 4.69) is 0 Å². The molecule has 0 spiro atoms. The van der Waals surface area contributed by atoms with Gasteiger partial charge in [0.25, 0.3) is 0 Å². The molecule has 0 aliphatic rings. The van der Waals surface area contributed by atoms with Crippen LogP contribution in [0.3, 0.4) is 0 Å². The maximum atomic E-state index is 14.0. The van der Waals surface area contributed by atoms with Gasteiger partial charge in [-0.1, -0.05) is 12.1 Å². The van der Waals surface area contributed by atoms with Crippen LogP contribution >= 0.6 is 0 Å². The summed E-state index contributed by atoms with van der Waals surface area (Å²) in [5.41, 5.74) is -0.756. The molecule has 0 bridgehead atoms. The molecule has 0 heterocycles. The van der Waals surface area contributed by atoms with E-state index < -0.39 is 48.7 Å². The highest BCUT2D eigenvalue weighted by Gasteiger charge is 2.40. The lowest BCUT2D eigenvalue weighted by atomic mass is 10.1. The predicted molar refractivity (Wildman–Crippen MR) is 109 cm³/mol. The summed E-state index contributed by atoms with van der Waals surface area (Å²) in [5.74, 6) is -3.86. The number of rotatable bonds is 9. The van der Waals surface area contributed by atoms with Crippen LogP contribution in [-0.4, -0.2) is 19.4 Å². The van der Waals surface area contributed by atoms with Gasteiger partial charge in [0.1, 0.15) is 29.8 Å². The molecule has 0 aliphatic carbocycles. The van der Waals surface area contributed by atoms with Gasteiger partial charge in [0.05, 0.1) is 18.8 Å². The van der Waals surface area contributed by atoms with E-state index in [1.54, 1.807) is 0 Å². The molecule has 1 atom stereocenters. The van der Waals surface area contributed by atoms with Crippen LogP contribution in [0.1, 0.15) is 11.1 Å². The lowest BCUT2D eigenvalue weighted by Gasteiger charge is -2.21. The van der Waals surface area contributed by atoms with Crippen molar-refractivity contribution >= 4 is 0 Å². The summed E-state index contributed by atoms with van der Waals surface area (Å²) in [6, 6.07) is 11.8. The molecular formula is C24H18F8O3. The Morgan fingerprint density at radius 1 is 0.743 bits per heavy atom. The average Bonchev–Trinajstić information content (AvgIpc) is 2.78. The monoisotopic (exact) mass is 506 g/mol. The molecule has 0 saturated heterocycles. The fourth-order valence-electron chi connectivity index (χ4n) is 2.86. The number of benzene rings is 3. The molecule has 3 rings (SSSR count).